The Labute approximate surface area is 202 Å². The van der Waals surface area contributed by atoms with Crippen molar-refractivity contribution in [2.24, 2.45) is 5.92 Å². The molecule has 0 aliphatic carbocycles. The Hall–Kier alpha value is -1.93. The number of nitrogens with zero attached hydrogens (tertiary/aromatic N) is 2. The smallest absolute Gasteiger partial charge is 0.224 e. The molecule has 2 saturated heterocycles. The zero-order valence-corrected chi connectivity index (χ0v) is 20.5. The number of hydrogen-bond acceptors (Lipinski definition) is 4. The van der Waals surface area contributed by atoms with E-state index in [0.717, 1.165) is 25.2 Å². The molecule has 2 fully saturated rings. The molecule has 1 N–H and O–H groups in total. The van der Waals surface area contributed by atoms with Crippen LogP contribution in [0, 0.1) is 5.92 Å². The minimum atomic E-state index is -3.51. The van der Waals surface area contributed by atoms with Crippen LogP contribution in [0.15, 0.2) is 48.5 Å². The normalized spacial score (nSPS) is 20.1. The number of rotatable bonds is 8. The summed E-state index contributed by atoms with van der Waals surface area (Å²) in [5.74, 6) is -0.519. The molecule has 6 nitrogen and oxygen atoms in total. The van der Waals surface area contributed by atoms with Gasteiger partial charge in [-0.15, -0.1) is 0 Å². The van der Waals surface area contributed by atoms with Crippen molar-refractivity contribution in [3.63, 3.8) is 0 Å². The first kappa shape index (κ1) is 24.2. The van der Waals surface area contributed by atoms with Gasteiger partial charge in [0, 0.05) is 31.2 Å². The summed E-state index contributed by atoms with van der Waals surface area (Å²) in [6.07, 6.45) is 3.91. The lowest BCUT2D eigenvalue weighted by molar-refractivity contribution is -0.126. The molecular formula is C25H32ClN3O3S. The first-order valence-electron chi connectivity index (χ1n) is 11.7. The molecule has 178 valence electrons. The molecule has 2 aliphatic heterocycles. The van der Waals surface area contributed by atoms with Crippen LogP contribution in [-0.2, 0) is 33.7 Å². The van der Waals surface area contributed by atoms with Crippen LogP contribution in [0.1, 0.15) is 42.4 Å². The van der Waals surface area contributed by atoms with E-state index in [2.05, 4.69) is 22.3 Å². The second-order valence-electron chi connectivity index (χ2n) is 9.10. The molecule has 2 heterocycles. The van der Waals surface area contributed by atoms with Gasteiger partial charge in [-0.2, -0.15) is 0 Å². The van der Waals surface area contributed by atoms with E-state index in [4.69, 9.17) is 11.6 Å². The van der Waals surface area contributed by atoms with Crippen molar-refractivity contribution in [3.8, 4) is 0 Å². The van der Waals surface area contributed by atoms with Gasteiger partial charge in [0.15, 0.2) is 0 Å². The number of amides is 1. The lowest BCUT2D eigenvalue weighted by atomic mass is 9.98. The number of carbonyl (C=O) groups is 1. The topological polar surface area (TPSA) is 69.7 Å². The molecule has 0 saturated carbocycles. The summed E-state index contributed by atoms with van der Waals surface area (Å²) in [5.41, 5.74) is 2.99. The van der Waals surface area contributed by atoms with Gasteiger partial charge in [0.2, 0.25) is 15.9 Å². The summed E-state index contributed by atoms with van der Waals surface area (Å²) in [6, 6.07) is 15.3. The lowest BCUT2D eigenvalue weighted by Crippen LogP contribution is -2.45. The van der Waals surface area contributed by atoms with Crippen LogP contribution in [0.25, 0.3) is 0 Å². The molecule has 4 rings (SSSR count). The second kappa shape index (κ2) is 11.0. The SMILES string of the molecule is O=C(NCc1cccc(CN2CCCC2)c1)[C@H]1CCCN(S(=O)(=O)Cc2cccc(Cl)c2)C1. The minimum absolute atomic E-state index is 0.0809. The van der Waals surface area contributed by atoms with Crippen molar-refractivity contribution in [2.75, 3.05) is 26.2 Å². The van der Waals surface area contributed by atoms with E-state index in [-0.39, 0.29) is 24.1 Å². The van der Waals surface area contributed by atoms with Gasteiger partial charge < -0.3 is 5.32 Å². The summed E-state index contributed by atoms with van der Waals surface area (Å²) in [5, 5.41) is 3.54. The molecule has 1 atom stereocenters. The number of halogens is 1. The van der Waals surface area contributed by atoms with Gasteiger partial charge in [0.1, 0.15) is 0 Å². The zero-order valence-electron chi connectivity index (χ0n) is 18.9. The van der Waals surface area contributed by atoms with E-state index in [1.807, 2.05) is 12.1 Å². The largest absolute Gasteiger partial charge is 0.352 e. The van der Waals surface area contributed by atoms with E-state index < -0.39 is 10.0 Å². The molecule has 8 heteroatoms. The molecule has 1 amide bonds. The molecule has 0 aromatic heterocycles. The fourth-order valence-corrected chi connectivity index (χ4v) is 6.52. The Kier molecular flexibility index (Phi) is 8.07. The van der Waals surface area contributed by atoms with Gasteiger partial charge in [-0.05, 0) is 67.6 Å². The Morgan fingerprint density at radius 2 is 1.70 bits per heavy atom. The summed E-state index contributed by atoms with van der Waals surface area (Å²) in [4.78, 5) is 15.3. The molecule has 0 spiro atoms. The molecule has 2 aliphatic rings. The summed E-state index contributed by atoms with van der Waals surface area (Å²) in [7, 11) is -3.51. The number of hydrogen-bond donors (Lipinski definition) is 1. The predicted molar refractivity (Wildman–Crippen MR) is 131 cm³/mol. The second-order valence-corrected chi connectivity index (χ2v) is 11.5. The van der Waals surface area contributed by atoms with Crippen LogP contribution in [-0.4, -0.2) is 49.7 Å². The van der Waals surface area contributed by atoms with Gasteiger partial charge >= 0.3 is 0 Å². The van der Waals surface area contributed by atoms with Gasteiger partial charge in [-0.3, -0.25) is 9.69 Å². The molecule has 0 unspecified atom stereocenters. The number of nitrogens with one attached hydrogen (secondary N) is 1. The lowest BCUT2D eigenvalue weighted by Gasteiger charge is -2.31. The first-order valence-corrected chi connectivity index (χ1v) is 13.7. The Bertz CT molecular complexity index is 1070. The molecule has 33 heavy (non-hydrogen) atoms. The maximum atomic E-state index is 12.9. The molecule has 0 bridgehead atoms. The number of piperidine rings is 1. The van der Waals surface area contributed by atoms with Gasteiger partial charge in [-0.1, -0.05) is 48.0 Å². The van der Waals surface area contributed by atoms with E-state index in [0.29, 0.717) is 36.5 Å². The summed E-state index contributed by atoms with van der Waals surface area (Å²) in [6.45, 7) is 4.38. The highest BCUT2D eigenvalue weighted by atomic mass is 35.5. The fraction of sp³-hybridized carbons (Fsp3) is 0.480. The Morgan fingerprint density at radius 1 is 0.970 bits per heavy atom. The van der Waals surface area contributed by atoms with Crippen LogP contribution >= 0.6 is 11.6 Å². The van der Waals surface area contributed by atoms with Crippen LogP contribution in [0.4, 0.5) is 0 Å². The molecule has 2 aromatic carbocycles. The first-order chi connectivity index (χ1) is 15.9. The van der Waals surface area contributed by atoms with E-state index >= 15 is 0 Å². The third-order valence-corrected chi connectivity index (χ3v) is 8.50. The number of sulfonamides is 1. The molecule has 0 radical (unpaired) electrons. The number of likely N-dealkylation sites (tertiary alicyclic amines) is 1. The van der Waals surface area contributed by atoms with Crippen molar-refractivity contribution in [3.05, 3.63) is 70.2 Å². The standard InChI is InChI=1S/C25H32ClN3O3S/c26-24-10-4-8-22(15-24)19-33(31,32)29-13-5-9-23(18-29)25(30)27-16-20-6-3-7-21(14-20)17-28-11-1-2-12-28/h3-4,6-8,10,14-15,23H,1-2,5,9,11-13,16-19H2,(H,27,30)/t23-/m0/s1. The highest BCUT2D eigenvalue weighted by molar-refractivity contribution is 7.88. The van der Waals surface area contributed by atoms with Gasteiger partial charge in [-0.25, -0.2) is 12.7 Å². The Balaban J connectivity index is 1.31. The van der Waals surface area contributed by atoms with E-state index in [9.17, 15) is 13.2 Å². The van der Waals surface area contributed by atoms with E-state index in [1.165, 1.54) is 22.7 Å². The maximum Gasteiger partial charge on any atom is 0.224 e. The number of benzene rings is 2. The average molecular weight is 490 g/mol. The minimum Gasteiger partial charge on any atom is -0.352 e. The van der Waals surface area contributed by atoms with Crippen LogP contribution in [0.5, 0.6) is 0 Å². The van der Waals surface area contributed by atoms with Crippen LogP contribution < -0.4 is 5.32 Å². The van der Waals surface area contributed by atoms with Gasteiger partial charge in [0.25, 0.3) is 0 Å². The maximum absolute atomic E-state index is 12.9. The fourth-order valence-electron chi connectivity index (χ4n) is 4.71. The average Bonchev–Trinajstić information content (AvgIpc) is 3.30. The zero-order chi connectivity index (χ0) is 23.3. The van der Waals surface area contributed by atoms with Crippen molar-refractivity contribution < 1.29 is 13.2 Å². The van der Waals surface area contributed by atoms with Crippen molar-refractivity contribution in [1.29, 1.82) is 0 Å². The highest BCUT2D eigenvalue weighted by Gasteiger charge is 2.32. The monoisotopic (exact) mass is 489 g/mol. The predicted octanol–water partition coefficient (Wildman–Crippen LogP) is 3.79. The third-order valence-electron chi connectivity index (χ3n) is 6.45. The van der Waals surface area contributed by atoms with Crippen molar-refractivity contribution in [2.45, 2.75) is 44.5 Å². The van der Waals surface area contributed by atoms with E-state index in [1.54, 1.807) is 24.3 Å². The summed E-state index contributed by atoms with van der Waals surface area (Å²) >= 11 is 6.00. The quantitative estimate of drug-likeness (QED) is 0.612. The van der Waals surface area contributed by atoms with Crippen LogP contribution in [0.2, 0.25) is 5.02 Å². The molecular weight excluding hydrogens is 458 g/mol. The highest BCUT2D eigenvalue weighted by Crippen LogP contribution is 2.23. The van der Waals surface area contributed by atoms with Gasteiger partial charge in [0.05, 0.1) is 11.7 Å². The molecule has 2 aromatic rings. The third kappa shape index (κ3) is 6.79. The Morgan fingerprint density at radius 3 is 2.48 bits per heavy atom. The van der Waals surface area contributed by atoms with Crippen LogP contribution in [0.3, 0.4) is 0 Å². The van der Waals surface area contributed by atoms with Crippen molar-refractivity contribution >= 4 is 27.5 Å². The van der Waals surface area contributed by atoms with Crippen molar-refractivity contribution in [1.82, 2.24) is 14.5 Å². The summed E-state index contributed by atoms with van der Waals surface area (Å²) < 4.78 is 27.3. The number of carbonyl (C=O) groups excluding carboxylic acids is 1.